The van der Waals surface area contributed by atoms with Gasteiger partial charge in [0.15, 0.2) is 0 Å². The third-order valence-corrected chi connectivity index (χ3v) is 3.31. The minimum Gasteiger partial charge on any atom is -0.381 e. The Bertz CT molecular complexity index is 181. The van der Waals surface area contributed by atoms with Crippen molar-refractivity contribution in [3.8, 4) is 0 Å². The van der Waals surface area contributed by atoms with Gasteiger partial charge in [-0.25, -0.2) is 0 Å². The first kappa shape index (κ1) is 11.3. The molecule has 0 saturated carbocycles. The molecule has 15 heavy (non-hydrogen) atoms. The second kappa shape index (κ2) is 5.80. The molecular weight excluding hydrogens is 192 g/mol. The highest BCUT2D eigenvalue weighted by Crippen LogP contribution is 2.16. The lowest BCUT2D eigenvalue weighted by Gasteiger charge is -2.36. The van der Waals surface area contributed by atoms with Gasteiger partial charge in [-0.1, -0.05) is 0 Å². The Labute approximate surface area is 91.9 Å². The van der Waals surface area contributed by atoms with Gasteiger partial charge in [0.05, 0.1) is 19.8 Å². The molecule has 1 N–H and O–H groups in total. The van der Waals surface area contributed by atoms with Crippen molar-refractivity contribution in [1.29, 1.82) is 0 Å². The van der Waals surface area contributed by atoms with Crippen LogP contribution < -0.4 is 5.32 Å². The summed E-state index contributed by atoms with van der Waals surface area (Å²) < 4.78 is 10.9. The van der Waals surface area contributed by atoms with Crippen molar-refractivity contribution < 1.29 is 9.47 Å². The van der Waals surface area contributed by atoms with E-state index in [-0.39, 0.29) is 0 Å². The Morgan fingerprint density at radius 2 is 2.13 bits per heavy atom. The zero-order valence-electron chi connectivity index (χ0n) is 9.58. The Kier molecular flexibility index (Phi) is 4.38. The van der Waals surface area contributed by atoms with Crippen LogP contribution in [-0.4, -0.2) is 64.1 Å². The zero-order chi connectivity index (χ0) is 10.5. The molecule has 0 aliphatic carbocycles. The zero-order valence-corrected chi connectivity index (χ0v) is 9.58. The molecule has 0 aromatic rings. The number of hydrogen-bond donors (Lipinski definition) is 1. The van der Waals surface area contributed by atoms with Gasteiger partial charge in [-0.15, -0.1) is 0 Å². The lowest BCUT2D eigenvalue weighted by atomic mass is 10.1. The van der Waals surface area contributed by atoms with Crippen LogP contribution >= 0.6 is 0 Å². The molecule has 4 nitrogen and oxygen atoms in total. The summed E-state index contributed by atoms with van der Waals surface area (Å²) in [6.45, 7) is 6.92. The third-order valence-electron chi connectivity index (χ3n) is 3.31. The monoisotopic (exact) mass is 214 g/mol. The molecule has 2 unspecified atom stereocenters. The number of likely N-dealkylation sites (N-methyl/N-ethyl adjacent to an activating group) is 1. The molecule has 2 atom stereocenters. The summed E-state index contributed by atoms with van der Waals surface area (Å²) >= 11 is 0. The average molecular weight is 214 g/mol. The minimum absolute atomic E-state index is 0.546. The summed E-state index contributed by atoms with van der Waals surface area (Å²) in [4.78, 5) is 2.55. The lowest BCUT2D eigenvalue weighted by Crippen LogP contribution is -2.51. The molecule has 2 rings (SSSR count). The Morgan fingerprint density at radius 1 is 1.27 bits per heavy atom. The maximum Gasteiger partial charge on any atom is 0.0634 e. The number of nitrogens with one attached hydrogen (secondary N) is 1. The molecule has 4 heteroatoms. The Balaban J connectivity index is 1.80. The smallest absolute Gasteiger partial charge is 0.0634 e. The summed E-state index contributed by atoms with van der Waals surface area (Å²) in [6.07, 6.45) is 1.23. The van der Waals surface area contributed by atoms with E-state index in [2.05, 4.69) is 10.2 Å². The fourth-order valence-corrected chi connectivity index (χ4v) is 2.41. The maximum atomic E-state index is 5.52. The van der Waals surface area contributed by atoms with Crippen LogP contribution in [0.3, 0.4) is 0 Å². The van der Waals surface area contributed by atoms with Crippen molar-refractivity contribution >= 4 is 0 Å². The van der Waals surface area contributed by atoms with Crippen LogP contribution in [0.25, 0.3) is 0 Å². The number of hydrogen-bond acceptors (Lipinski definition) is 4. The van der Waals surface area contributed by atoms with Gasteiger partial charge in [0.1, 0.15) is 0 Å². The van der Waals surface area contributed by atoms with Crippen molar-refractivity contribution in [2.75, 3.05) is 53.1 Å². The van der Waals surface area contributed by atoms with E-state index in [1.807, 2.05) is 7.05 Å². The Hall–Kier alpha value is -0.160. The van der Waals surface area contributed by atoms with E-state index < -0.39 is 0 Å². The van der Waals surface area contributed by atoms with Crippen LogP contribution in [-0.2, 0) is 9.47 Å². The van der Waals surface area contributed by atoms with Crippen LogP contribution in [0.5, 0.6) is 0 Å². The van der Waals surface area contributed by atoms with Crippen molar-refractivity contribution in [1.82, 2.24) is 10.2 Å². The van der Waals surface area contributed by atoms with Crippen LogP contribution in [0.1, 0.15) is 6.42 Å². The normalized spacial score (nSPS) is 33.4. The van der Waals surface area contributed by atoms with Crippen molar-refractivity contribution in [2.45, 2.75) is 12.5 Å². The van der Waals surface area contributed by atoms with E-state index in [0.29, 0.717) is 6.04 Å². The van der Waals surface area contributed by atoms with Gasteiger partial charge in [0.2, 0.25) is 0 Å². The van der Waals surface area contributed by atoms with Gasteiger partial charge in [-0.2, -0.15) is 0 Å². The van der Waals surface area contributed by atoms with Crippen LogP contribution in [0.15, 0.2) is 0 Å². The highest BCUT2D eigenvalue weighted by Gasteiger charge is 2.26. The first-order chi connectivity index (χ1) is 7.40. The molecule has 2 saturated heterocycles. The molecule has 2 heterocycles. The second-order valence-electron chi connectivity index (χ2n) is 4.51. The minimum atomic E-state index is 0.546. The predicted molar refractivity (Wildman–Crippen MR) is 59.0 cm³/mol. The van der Waals surface area contributed by atoms with Gasteiger partial charge in [-0.05, 0) is 19.4 Å². The van der Waals surface area contributed by atoms with Crippen LogP contribution in [0, 0.1) is 5.92 Å². The maximum absolute atomic E-state index is 5.52. The van der Waals surface area contributed by atoms with E-state index in [1.165, 1.54) is 13.0 Å². The lowest BCUT2D eigenvalue weighted by molar-refractivity contribution is -0.0135. The molecular formula is C11H22N2O2. The molecule has 0 aromatic heterocycles. The molecule has 88 valence electrons. The summed E-state index contributed by atoms with van der Waals surface area (Å²) in [6, 6.07) is 0.546. The highest BCUT2D eigenvalue weighted by atomic mass is 16.5. The van der Waals surface area contributed by atoms with E-state index >= 15 is 0 Å². The second-order valence-corrected chi connectivity index (χ2v) is 4.51. The molecule has 0 bridgehead atoms. The van der Waals surface area contributed by atoms with Crippen molar-refractivity contribution in [2.24, 2.45) is 5.92 Å². The number of morpholine rings is 1. The largest absolute Gasteiger partial charge is 0.381 e. The van der Waals surface area contributed by atoms with Crippen molar-refractivity contribution in [3.05, 3.63) is 0 Å². The van der Waals surface area contributed by atoms with E-state index in [4.69, 9.17) is 9.47 Å². The van der Waals surface area contributed by atoms with Crippen LogP contribution in [0.4, 0.5) is 0 Å². The van der Waals surface area contributed by atoms with Gasteiger partial charge >= 0.3 is 0 Å². The van der Waals surface area contributed by atoms with E-state index in [1.54, 1.807) is 0 Å². The standard InChI is InChI=1S/C11H22N2O2/c1-12-6-11-9-15-5-3-13(11)7-10-2-4-14-8-10/h10-12H,2-9H2,1H3. The summed E-state index contributed by atoms with van der Waals surface area (Å²) in [5.74, 6) is 0.738. The fraction of sp³-hybridized carbons (Fsp3) is 1.00. The van der Waals surface area contributed by atoms with E-state index in [0.717, 1.165) is 45.4 Å². The van der Waals surface area contributed by atoms with Crippen molar-refractivity contribution in [3.63, 3.8) is 0 Å². The van der Waals surface area contributed by atoms with Gasteiger partial charge < -0.3 is 14.8 Å². The predicted octanol–water partition coefficient (Wildman–Crippen LogP) is -0.0569. The third kappa shape index (κ3) is 3.14. The molecule has 2 aliphatic rings. The van der Waals surface area contributed by atoms with Gasteiger partial charge in [-0.3, -0.25) is 4.90 Å². The number of rotatable bonds is 4. The average Bonchev–Trinajstić information content (AvgIpc) is 2.74. The van der Waals surface area contributed by atoms with Gasteiger partial charge in [0.25, 0.3) is 0 Å². The Morgan fingerprint density at radius 3 is 2.87 bits per heavy atom. The fourth-order valence-electron chi connectivity index (χ4n) is 2.41. The molecule has 0 radical (unpaired) electrons. The SMILES string of the molecule is CNCC1COCCN1CC1CCOC1. The first-order valence-corrected chi connectivity index (χ1v) is 5.94. The van der Waals surface area contributed by atoms with E-state index in [9.17, 15) is 0 Å². The van der Waals surface area contributed by atoms with Crippen LogP contribution in [0.2, 0.25) is 0 Å². The molecule has 2 aliphatic heterocycles. The molecule has 0 amide bonds. The molecule has 2 fully saturated rings. The number of ether oxygens (including phenoxy) is 2. The van der Waals surface area contributed by atoms with Gasteiger partial charge in [0, 0.05) is 32.3 Å². The molecule has 0 aromatic carbocycles. The first-order valence-electron chi connectivity index (χ1n) is 5.94. The highest BCUT2D eigenvalue weighted by molar-refractivity contribution is 4.80. The topological polar surface area (TPSA) is 33.7 Å². The summed E-state index contributed by atoms with van der Waals surface area (Å²) in [5.41, 5.74) is 0. The summed E-state index contributed by atoms with van der Waals surface area (Å²) in [5, 5.41) is 3.24. The summed E-state index contributed by atoms with van der Waals surface area (Å²) in [7, 11) is 2.01. The molecule has 0 spiro atoms. The number of nitrogens with zero attached hydrogens (tertiary/aromatic N) is 1. The quantitative estimate of drug-likeness (QED) is 0.711.